The molecule has 1 amide bonds. The Kier molecular flexibility index (Phi) is 6.90. The van der Waals surface area contributed by atoms with E-state index in [1.165, 1.54) is 16.7 Å². The van der Waals surface area contributed by atoms with Gasteiger partial charge in [0.15, 0.2) is 21.3 Å². The SMILES string of the molecule is COc1cc(/C=C2/SC(=S)N([C@H]3CCS(=O)(=O)C3)C2=O)ccc1OCCC(C)C. The number of nitrogens with zero attached hydrogens (tertiary/aromatic N) is 1. The summed E-state index contributed by atoms with van der Waals surface area (Å²) in [5, 5.41) is 0. The molecule has 1 atom stereocenters. The van der Waals surface area contributed by atoms with Gasteiger partial charge in [0, 0.05) is 0 Å². The molecule has 0 spiro atoms. The standard InChI is InChI=1S/C20H25NO5S3/c1-13(2)6-8-26-16-5-4-14(10-17(16)25-3)11-18-19(22)21(20(27)28-18)15-7-9-29(23,24)12-15/h4-5,10-11,13,15H,6-9,12H2,1-3H3/b18-11+/t15-/m0/s1. The lowest BCUT2D eigenvalue weighted by molar-refractivity contribution is -0.123. The Morgan fingerprint density at radius 1 is 1.34 bits per heavy atom. The predicted octanol–water partition coefficient (Wildman–Crippen LogP) is 3.51. The molecular weight excluding hydrogens is 430 g/mol. The quantitative estimate of drug-likeness (QED) is 0.460. The van der Waals surface area contributed by atoms with E-state index in [0.29, 0.717) is 39.7 Å². The van der Waals surface area contributed by atoms with Crippen molar-refractivity contribution in [3.8, 4) is 11.5 Å². The third kappa shape index (κ3) is 5.32. The van der Waals surface area contributed by atoms with E-state index in [9.17, 15) is 13.2 Å². The highest BCUT2D eigenvalue weighted by Gasteiger charge is 2.42. The Bertz CT molecular complexity index is 939. The molecule has 1 aromatic rings. The molecule has 2 saturated heterocycles. The Balaban J connectivity index is 1.76. The molecule has 0 bridgehead atoms. The van der Waals surface area contributed by atoms with Crippen molar-refractivity contribution in [3.05, 3.63) is 28.7 Å². The van der Waals surface area contributed by atoms with Crippen LogP contribution in [0.15, 0.2) is 23.1 Å². The summed E-state index contributed by atoms with van der Waals surface area (Å²) in [6, 6.07) is 5.14. The maximum Gasteiger partial charge on any atom is 0.266 e. The van der Waals surface area contributed by atoms with Crippen molar-refractivity contribution < 1.29 is 22.7 Å². The van der Waals surface area contributed by atoms with Crippen LogP contribution >= 0.6 is 24.0 Å². The maximum absolute atomic E-state index is 12.8. The number of thiocarbonyl (C=S) groups is 1. The number of ether oxygens (including phenoxy) is 2. The van der Waals surface area contributed by atoms with E-state index in [4.69, 9.17) is 21.7 Å². The average Bonchev–Trinajstić information content (AvgIpc) is 3.13. The summed E-state index contributed by atoms with van der Waals surface area (Å²) in [5.41, 5.74) is 0.789. The molecule has 158 valence electrons. The molecule has 3 rings (SSSR count). The topological polar surface area (TPSA) is 72.9 Å². The van der Waals surface area contributed by atoms with Crippen LogP contribution in [0.4, 0.5) is 0 Å². The minimum absolute atomic E-state index is 0.0248. The van der Waals surface area contributed by atoms with Crippen LogP contribution in [0.5, 0.6) is 11.5 Å². The lowest BCUT2D eigenvalue weighted by atomic mass is 10.1. The summed E-state index contributed by atoms with van der Waals surface area (Å²) in [7, 11) is -1.52. The Morgan fingerprint density at radius 2 is 2.10 bits per heavy atom. The van der Waals surface area contributed by atoms with Crippen LogP contribution in [0.25, 0.3) is 6.08 Å². The van der Waals surface area contributed by atoms with E-state index < -0.39 is 9.84 Å². The van der Waals surface area contributed by atoms with Crippen LogP contribution in [0.1, 0.15) is 32.3 Å². The summed E-state index contributed by atoms with van der Waals surface area (Å²) in [6.07, 6.45) is 3.13. The number of amides is 1. The third-order valence-electron chi connectivity index (χ3n) is 4.84. The molecule has 2 fully saturated rings. The van der Waals surface area contributed by atoms with Crippen molar-refractivity contribution in [3.63, 3.8) is 0 Å². The zero-order valence-corrected chi connectivity index (χ0v) is 19.2. The Labute approximate surface area is 181 Å². The van der Waals surface area contributed by atoms with Gasteiger partial charge in [0.05, 0.1) is 36.2 Å². The molecule has 6 nitrogen and oxygen atoms in total. The van der Waals surface area contributed by atoms with E-state index in [0.717, 1.165) is 12.0 Å². The van der Waals surface area contributed by atoms with Gasteiger partial charge in [-0.05, 0) is 42.5 Å². The number of thioether (sulfide) groups is 1. The van der Waals surface area contributed by atoms with Gasteiger partial charge < -0.3 is 9.47 Å². The van der Waals surface area contributed by atoms with Crippen LogP contribution in [0.2, 0.25) is 0 Å². The number of hydrogen-bond donors (Lipinski definition) is 0. The van der Waals surface area contributed by atoms with E-state index in [-0.39, 0.29) is 23.5 Å². The summed E-state index contributed by atoms with van der Waals surface area (Å²) in [4.78, 5) is 14.8. The van der Waals surface area contributed by atoms with Crippen molar-refractivity contribution in [1.29, 1.82) is 0 Å². The minimum atomic E-state index is -3.10. The first kappa shape index (κ1) is 22.1. The molecule has 0 unspecified atom stereocenters. The third-order valence-corrected chi connectivity index (χ3v) is 7.92. The van der Waals surface area contributed by atoms with Crippen molar-refractivity contribution in [2.24, 2.45) is 5.92 Å². The van der Waals surface area contributed by atoms with E-state index in [1.54, 1.807) is 13.2 Å². The first-order valence-corrected chi connectivity index (χ1v) is 12.5. The van der Waals surface area contributed by atoms with Gasteiger partial charge in [0.2, 0.25) is 0 Å². The van der Waals surface area contributed by atoms with Crippen LogP contribution in [0.3, 0.4) is 0 Å². The van der Waals surface area contributed by atoms with Crippen molar-refractivity contribution in [1.82, 2.24) is 4.90 Å². The fourth-order valence-electron chi connectivity index (χ4n) is 3.22. The van der Waals surface area contributed by atoms with Crippen LogP contribution in [-0.2, 0) is 14.6 Å². The molecule has 0 aromatic heterocycles. The van der Waals surface area contributed by atoms with E-state index in [1.807, 2.05) is 18.2 Å². The number of carbonyl (C=O) groups is 1. The number of benzene rings is 1. The number of carbonyl (C=O) groups excluding carboxylic acids is 1. The second kappa shape index (κ2) is 9.06. The zero-order chi connectivity index (χ0) is 21.2. The first-order valence-electron chi connectivity index (χ1n) is 9.48. The number of methoxy groups -OCH3 is 1. The molecule has 2 heterocycles. The molecule has 0 N–H and O–H groups in total. The Hall–Kier alpha value is -1.58. The summed E-state index contributed by atoms with van der Waals surface area (Å²) in [6.45, 7) is 4.89. The summed E-state index contributed by atoms with van der Waals surface area (Å²) < 4.78 is 35.2. The van der Waals surface area contributed by atoms with Gasteiger partial charge in [-0.15, -0.1) is 0 Å². The molecule has 0 radical (unpaired) electrons. The Morgan fingerprint density at radius 3 is 2.72 bits per heavy atom. The fourth-order valence-corrected chi connectivity index (χ4v) is 6.32. The molecule has 0 saturated carbocycles. The molecule has 2 aliphatic rings. The van der Waals surface area contributed by atoms with Crippen molar-refractivity contribution in [2.75, 3.05) is 25.2 Å². The lowest BCUT2D eigenvalue weighted by Gasteiger charge is -2.20. The minimum Gasteiger partial charge on any atom is -0.493 e. The molecule has 2 aliphatic heterocycles. The number of rotatable bonds is 7. The van der Waals surface area contributed by atoms with Crippen molar-refractivity contribution >= 4 is 50.1 Å². The molecule has 0 aliphatic carbocycles. The van der Waals surface area contributed by atoms with Gasteiger partial charge in [0.1, 0.15) is 4.32 Å². The first-order chi connectivity index (χ1) is 13.7. The van der Waals surface area contributed by atoms with Gasteiger partial charge in [0.25, 0.3) is 5.91 Å². The van der Waals surface area contributed by atoms with Crippen molar-refractivity contribution in [2.45, 2.75) is 32.7 Å². The monoisotopic (exact) mass is 455 g/mol. The highest BCUT2D eigenvalue weighted by atomic mass is 32.2. The highest BCUT2D eigenvalue weighted by molar-refractivity contribution is 8.26. The second-order valence-electron chi connectivity index (χ2n) is 7.55. The molecule has 29 heavy (non-hydrogen) atoms. The van der Waals surface area contributed by atoms with Crippen LogP contribution in [-0.4, -0.2) is 54.8 Å². The van der Waals surface area contributed by atoms with Gasteiger partial charge in [-0.25, -0.2) is 8.42 Å². The summed E-state index contributed by atoms with van der Waals surface area (Å²) >= 11 is 6.55. The smallest absolute Gasteiger partial charge is 0.266 e. The fraction of sp³-hybridized carbons (Fsp3) is 0.500. The van der Waals surface area contributed by atoms with Crippen LogP contribution in [0, 0.1) is 5.92 Å². The molecule has 9 heteroatoms. The largest absolute Gasteiger partial charge is 0.493 e. The lowest BCUT2D eigenvalue weighted by Crippen LogP contribution is -2.39. The zero-order valence-electron chi connectivity index (χ0n) is 16.7. The number of sulfone groups is 1. The maximum atomic E-state index is 12.8. The number of hydrogen-bond acceptors (Lipinski definition) is 7. The second-order valence-corrected chi connectivity index (χ2v) is 11.5. The molecule has 1 aromatic carbocycles. The summed E-state index contributed by atoms with van der Waals surface area (Å²) in [5.74, 6) is 1.65. The van der Waals surface area contributed by atoms with E-state index in [2.05, 4.69) is 13.8 Å². The predicted molar refractivity (Wildman–Crippen MR) is 120 cm³/mol. The van der Waals surface area contributed by atoms with Gasteiger partial charge in [-0.2, -0.15) is 0 Å². The average molecular weight is 456 g/mol. The molecular formula is C20H25NO5S3. The van der Waals surface area contributed by atoms with Crippen LogP contribution < -0.4 is 9.47 Å². The highest BCUT2D eigenvalue weighted by Crippen LogP contribution is 2.37. The van der Waals surface area contributed by atoms with Gasteiger partial charge >= 0.3 is 0 Å². The van der Waals surface area contributed by atoms with E-state index >= 15 is 0 Å². The normalized spacial score (nSPS) is 22.7. The van der Waals surface area contributed by atoms with Gasteiger partial charge in [-0.3, -0.25) is 9.69 Å². The van der Waals surface area contributed by atoms with Gasteiger partial charge in [-0.1, -0.05) is 43.9 Å².